The zero-order valence-electron chi connectivity index (χ0n) is 10.6. The monoisotopic (exact) mass is 297 g/mol. The number of hydrogen-bond acceptors (Lipinski definition) is 2. The molecule has 0 atom stereocenters. The van der Waals surface area contributed by atoms with Gasteiger partial charge in [-0.25, -0.2) is 4.39 Å². The molecule has 100 valence electrons. The first kappa shape index (κ1) is 14.0. The van der Waals surface area contributed by atoms with E-state index in [4.69, 9.17) is 11.6 Å². The van der Waals surface area contributed by atoms with Gasteiger partial charge in [-0.2, -0.15) is 0 Å². The summed E-state index contributed by atoms with van der Waals surface area (Å²) in [5.74, 6) is -0.649. The first-order valence-corrected chi connectivity index (χ1v) is 7.06. The molecule has 2 aromatic rings. The molecule has 0 spiro atoms. The molecule has 1 aromatic heterocycles. The smallest absolute Gasteiger partial charge is 0.265 e. The van der Waals surface area contributed by atoms with Crippen molar-refractivity contribution in [1.82, 2.24) is 0 Å². The highest BCUT2D eigenvalue weighted by Crippen LogP contribution is 2.26. The van der Waals surface area contributed by atoms with E-state index >= 15 is 0 Å². The number of carbonyl (C=O) groups excluding carboxylic acids is 1. The second-order valence-corrected chi connectivity index (χ2v) is 5.69. The number of halogens is 2. The number of hydrogen-bond donors (Lipinski definition) is 1. The van der Waals surface area contributed by atoms with Crippen LogP contribution in [0.2, 0.25) is 5.02 Å². The Bertz CT molecular complexity index is 624. The second kappa shape index (κ2) is 5.72. The summed E-state index contributed by atoms with van der Waals surface area (Å²) in [4.78, 5) is 13.9. The Balaban J connectivity index is 2.20. The zero-order chi connectivity index (χ0) is 14.0. The highest BCUT2D eigenvalue weighted by Gasteiger charge is 2.13. The third-order valence-electron chi connectivity index (χ3n) is 2.74. The van der Waals surface area contributed by atoms with E-state index < -0.39 is 5.82 Å². The van der Waals surface area contributed by atoms with E-state index in [0.717, 1.165) is 12.0 Å². The van der Waals surface area contributed by atoms with Crippen LogP contribution >= 0.6 is 22.9 Å². The fraction of sp³-hybridized carbons (Fsp3) is 0.214. The molecule has 0 aliphatic heterocycles. The lowest BCUT2D eigenvalue weighted by Crippen LogP contribution is -2.10. The number of anilines is 1. The molecule has 1 N–H and O–H groups in total. The van der Waals surface area contributed by atoms with E-state index in [1.165, 1.54) is 34.4 Å². The molecule has 1 heterocycles. The topological polar surface area (TPSA) is 29.1 Å². The number of aryl methyl sites for hydroxylation is 2. The zero-order valence-corrected chi connectivity index (χ0v) is 12.2. The highest BCUT2D eigenvalue weighted by molar-refractivity contribution is 7.14. The van der Waals surface area contributed by atoms with E-state index in [0.29, 0.717) is 10.6 Å². The average Bonchev–Trinajstić information content (AvgIpc) is 2.74. The molecule has 2 nitrogen and oxygen atoms in total. The largest absolute Gasteiger partial charge is 0.320 e. The standard InChI is InChI=1S/C14H13ClFNOS/c1-3-12-8(2)6-13(19-12)14(18)17-11-5-4-9(16)7-10(11)15/h4-7H,3H2,1-2H3,(H,17,18). The summed E-state index contributed by atoms with van der Waals surface area (Å²) in [6.45, 7) is 4.04. The van der Waals surface area contributed by atoms with Gasteiger partial charge in [-0.1, -0.05) is 18.5 Å². The summed E-state index contributed by atoms with van der Waals surface area (Å²) in [6.07, 6.45) is 0.904. The Morgan fingerprint density at radius 2 is 2.16 bits per heavy atom. The number of carbonyl (C=O) groups is 1. The van der Waals surface area contributed by atoms with Gasteiger partial charge in [0.2, 0.25) is 0 Å². The Morgan fingerprint density at radius 3 is 2.74 bits per heavy atom. The van der Waals surface area contributed by atoms with Crippen LogP contribution in [0.25, 0.3) is 0 Å². The van der Waals surface area contributed by atoms with Crippen LogP contribution in [-0.4, -0.2) is 5.91 Å². The Morgan fingerprint density at radius 1 is 1.42 bits per heavy atom. The van der Waals surface area contributed by atoms with E-state index in [1.54, 1.807) is 0 Å². The van der Waals surface area contributed by atoms with E-state index in [-0.39, 0.29) is 10.9 Å². The van der Waals surface area contributed by atoms with Crippen LogP contribution < -0.4 is 5.32 Å². The summed E-state index contributed by atoms with van der Waals surface area (Å²) in [6, 6.07) is 5.75. The maximum atomic E-state index is 12.9. The van der Waals surface area contributed by atoms with Crippen LogP contribution in [-0.2, 0) is 6.42 Å². The van der Waals surface area contributed by atoms with Gasteiger partial charge in [0.25, 0.3) is 5.91 Å². The second-order valence-electron chi connectivity index (χ2n) is 4.15. The average molecular weight is 298 g/mol. The SMILES string of the molecule is CCc1sc(C(=O)Nc2ccc(F)cc2Cl)cc1C. The van der Waals surface area contributed by atoms with Gasteiger partial charge in [-0.15, -0.1) is 11.3 Å². The number of rotatable bonds is 3. The van der Waals surface area contributed by atoms with Crippen molar-refractivity contribution in [2.75, 3.05) is 5.32 Å². The van der Waals surface area contributed by atoms with Crippen molar-refractivity contribution >= 4 is 34.5 Å². The molecule has 5 heteroatoms. The van der Waals surface area contributed by atoms with Crippen LogP contribution in [0, 0.1) is 12.7 Å². The lowest BCUT2D eigenvalue weighted by Gasteiger charge is -2.05. The minimum absolute atomic E-state index is 0.192. The highest BCUT2D eigenvalue weighted by atomic mass is 35.5. The van der Waals surface area contributed by atoms with Gasteiger partial charge >= 0.3 is 0 Å². The van der Waals surface area contributed by atoms with Crippen LogP contribution in [0.15, 0.2) is 24.3 Å². The summed E-state index contributed by atoms with van der Waals surface area (Å²) in [5, 5.41) is 2.88. The summed E-state index contributed by atoms with van der Waals surface area (Å²) in [5.41, 5.74) is 1.53. The maximum Gasteiger partial charge on any atom is 0.265 e. The fourth-order valence-electron chi connectivity index (χ4n) is 1.76. The Hall–Kier alpha value is -1.39. The number of amides is 1. The third kappa shape index (κ3) is 3.14. The first-order chi connectivity index (χ1) is 9.01. The summed E-state index contributed by atoms with van der Waals surface area (Å²) >= 11 is 7.34. The lowest BCUT2D eigenvalue weighted by molar-refractivity contribution is 0.103. The van der Waals surface area contributed by atoms with Crippen molar-refractivity contribution in [2.24, 2.45) is 0 Å². The predicted octanol–water partition coefficient (Wildman–Crippen LogP) is 4.66. The van der Waals surface area contributed by atoms with E-state index in [1.807, 2.05) is 13.0 Å². The Kier molecular flexibility index (Phi) is 4.22. The number of thiophene rings is 1. The fourth-order valence-corrected chi connectivity index (χ4v) is 2.98. The predicted molar refractivity (Wildman–Crippen MR) is 77.8 cm³/mol. The molecule has 0 aliphatic carbocycles. The maximum absolute atomic E-state index is 12.9. The van der Waals surface area contributed by atoms with Crippen molar-refractivity contribution in [1.29, 1.82) is 0 Å². The van der Waals surface area contributed by atoms with Gasteiger partial charge < -0.3 is 5.32 Å². The molecular weight excluding hydrogens is 285 g/mol. The molecular formula is C14H13ClFNOS. The summed E-state index contributed by atoms with van der Waals surface area (Å²) < 4.78 is 12.9. The van der Waals surface area contributed by atoms with Gasteiger partial charge in [0, 0.05) is 4.88 Å². The molecule has 2 rings (SSSR count). The number of benzene rings is 1. The molecule has 0 radical (unpaired) electrons. The summed E-state index contributed by atoms with van der Waals surface area (Å²) in [7, 11) is 0. The lowest BCUT2D eigenvalue weighted by atomic mass is 10.2. The minimum atomic E-state index is -0.428. The van der Waals surface area contributed by atoms with Crippen molar-refractivity contribution < 1.29 is 9.18 Å². The molecule has 0 fully saturated rings. The van der Waals surface area contributed by atoms with Crippen molar-refractivity contribution in [3.63, 3.8) is 0 Å². The van der Waals surface area contributed by atoms with Crippen molar-refractivity contribution in [3.05, 3.63) is 50.4 Å². The first-order valence-electron chi connectivity index (χ1n) is 5.87. The van der Waals surface area contributed by atoms with E-state index in [2.05, 4.69) is 12.2 Å². The van der Waals surface area contributed by atoms with Gasteiger partial charge in [0.15, 0.2) is 0 Å². The van der Waals surface area contributed by atoms with Crippen LogP contribution in [0.1, 0.15) is 27.0 Å². The van der Waals surface area contributed by atoms with Gasteiger partial charge in [0.1, 0.15) is 5.82 Å². The molecule has 0 aliphatic rings. The Labute approximate surface area is 120 Å². The minimum Gasteiger partial charge on any atom is -0.320 e. The molecule has 0 unspecified atom stereocenters. The normalized spacial score (nSPS) is 10.5. The molecule has 0 saturated carbocycles. The molecule has 1 amide bonds. The quantitative estimate of drug-likeness (QED) is 0.877. The van der Waals surface area contributed by atoms with Gasteiger partial charge in [-0.3, -0.25) is 4.79 Å². The third-order valence-corrected chi connectivity index (χ3v) is 4.44. The number of nitrogens with one attached hydrogen (secondary N) is 1. The van der Waals surface area contributed by atoms with Crippen molar-refractivity contribution in [2.45, 2.75) is 20.3 Å². The van der Waals surface area contributed by atoms with Gasteiger partial charge in [0.05, 0.1) is 15.6 Å². The molecule has 1 aromatic carbocycles. The van der Waals surface area contributed by atoms with E-state index in [9.17, 15) is 9.18 Å². The van der Waals surface area contributed by atoms with Crippen LogP contribution in [0.3, 0.4) is 0 Å². The molecule has 19 heavy (non-hydrogen) atoms. The molecule has 0 bridgehead atoms. The van der Waals surface area contributed by atoms with Crippen LogP contribution in [0.5, 0.6) is 0 Å². The van der Waals surface area contributed by atoms with Gasteiger partial charge in [-0.05, 0) is 43.2 Å². The molecule has 0 saturated heterocycles. The van der Waals surface area contributed by atoms with Crippen LogP contribution in [0.4, 0.5) is 10.1 Å². The van der Waals surface area contributed by atoms with Crippen molar-refractivity contribution in [3.8, 4) is 0 Å².